The number of nitrogens with two attached hydrogens (primary N) is 1. The minimum Gasteiger partial charge on any atom is -0.496 e. The Morgan fingerprint density at radius 1 is 1.33 bits per heavy atom. The lowest BCUT2D eigenvalue weighted by molar-refractivity contribution is 0.406. The molecule has 0 saturated carbocycles. The standard InChI is InChI=1S/C17H18BrNOS/c1-20-16-7-6-12(18)8-11(16)9-15(19)14-10-21-17-5-3-2-4-13(14)17/h2-8,14-15H,9-10,19H2,1H3. The predicted octanol–water partition coefficient (Wildman–Crippen LogP) is 4.22. The van der Waals surface area contributed by atoms with Gasteiger partial charge in [-0.25, -0.2) is 0 Å². The minimum absolute atomic E-state index is 0.101. The topological polar surface area (TPSA) is 35.2 Å². The summed E-state index contributed by atoms with van der Waals surface area (Å²) >= 11 is 5.43. The van der Waals surface area contributed by atoms with Crippen LogP contribution < -0.4 is 10.5 Å². The van der Waals surface area contributed by atoms with Gasteiger partial charge in [-0.05, 0) is 41.8 Å². The maximum absolute atomic E-state index is 6.52. The first kappa shape index (κ1) is 14.9. The van der Waals surface area contributed by atoms with E-state index in [2.05, 4.69) is 46.3 Å². The number of benzene rings is 2. The summed E-state index contributed by atoms with van der Waals surface area (Å²) in [5.41, 5.74) is 9.07. The molecule has 2 atom stereocenters. The summed E-state index contributed by atoms with van der Waals surface area (Å²) < 4.78 is 6.51. The number of rotatable bonds is 4. The van der Waals surface area contributed by atoms with E-state index in [0.717, 1.165) is 28.0 Å². The third-order valence-corrected chi connectivity index (χ3v) is 5.65. The van der Waals surface area contributed by atoms with E-state index in [9.17, 15) is 0 Å². The van der Waals surface area contributed by atoms with Crippen molar-refractivity contribution in [3.63, 3.8) is 0 Å². The molecule has 2 aromatic rings. The molecule has 0 amide bonds. The van der Waals surface area contributed by atoms with Gasteiger partial charge in [-0.2, -0.15) is 0 Å². The van der Waals surface area contributed by atoms with Crippen LogP contribution in [0.5, 0.6) is 5.75 Å². The number of fused-ring (bicyclic) bond motifs is 1. The van der Waals surface area contributed by atoms with E-state index >= 15 is 0 Å². The second-order valence-electron chi connectivity index (χ2n) is 5.28. The number of hydrogen-bond acceptors (Lipinski definition) is 3. The molecule has 3 rings (SSSR count). The van der Waals surface area contributed by atoms with E-state index in [0.29, 0.717) is 5.92 Å². The fourth-order valence-corrected chi connectivity index (χ4v) is 4.60. The van der Waals surface area contributed by atoms with E-state index in [4.69, 9.17) is 10.5 Å². The predicted molar refractivity (Wildman–Crippen MR) is 92.3 cm³/mol. The molecule has 21 heavy (non-hydrogen) atoms. The first-order valence-electron chi connectivity index (χ1n) is 6.98. The summed E-state index contributed by atoms with van der Waals surface area (Å²) in [6.07, 6.45) is 0.822. The van der Waals surface area contributed by atoms with Crippen LogP contribution >= 0.6 is 27.7 Å². The molecule has 1 aliphatic rings. The van der Waals surface area contributed by atoms with Crippen molar-refractivity contribution < 1.29 is 4.74 Å². The van der Waals surface area contributed by atoms with Gasteiger partial charge in [0.1, 0.15) is 5.75 Å². The summed E-state index contributed by atoms with van der Waals surface area (Å²) in [5, 5.41) is 0. The maximum atomic E-state index is 6.52. The van der Waals surface area contributed by atoms with Crippen LogP contribution in [0, 0.1) is 0 Å². The van der Waals surface area contributed by atoms with Crippen molar-refractivity contribution in [3.05, 3.63) is 58.1 Å². The van der Waals surface area contributed by atoms with Crippen LogP contribution in [0.3, 0.4) is 0 Å². The molecule has 0 spiro atoms. The van der Waals surface area contributed by atoms with E-state index in [1.165, 1.54) is 10.5 Å². The van der Waals surface area contributed by atoms with Crippen molar-refractivity contribution >= 4 is 27.7 Å². The van der Waals surface area contributed by atoms with Crippen LogP contribution in [0.15, 0.2) is 51.8 Å². The summed E-state index contributed by atoms with van der Waals surface area (Å²) in [4.78, 5) is 1.37. The second-order valence-corrected chi connectivity index (χ2v) is 7.26. The van der Waals surface area contributed by atoms with Gasteiger partial charge in [0.25, 0.3) is 0 Å². The third-order valence-electron chi connectivity index (χ3n) is 3.95. The summed E-state index contributed by atoms with van der Waals surface area (Å²) in [5.74, 6) is 2.39. The van der Waals surface area contributed by atoms with E-state index < -0.39 is 0 Å². The maximum Gasteiger partial charge on any atom is 0.122 e. The van der Waals surface area contributed by atoms with E-state index in [1.807, 2.05) is 23.9 Å². The Balaban J connectivity index is 1.82. The highest BCUT2D eigenvalue weighted by atomic mass is 79.9. The fraction of sp³-hybridized carbons (Fsp3) is 0.294. The Kier molecular flexibility index (Phi) is 4.57. The SMILES string of the molecule is COc1ccc(Br)cc1CC(N)C1CSc2ccccc21. The molecule has 1 aliphatic heterocycles. The number of halogens is 1. The van der Waals surface area contributed by atoms with E-state index in [1.54, 1.807) is 7.11 Å². The van der Waals surface area contributed by atoms with Gasteiger partial charge in [-0.1, -0.05) is 34.1 Å². The molecule has 0 saturated heterocycles. The smallest absolute Gasteiger partial charge is 0.122 e. The normalized spacial score (nSPS) is 18.3. The molecule has 0 bridgehead atoms. The van der Waals surface area contributed by atoms with Crippen LogP contribution in [-0.4, -0.2) is 18.9 Å². The van der Waals surface area contributed by atoms with E-state index in [-0.39, 0.29) is 6.04 Å². The second kappa shape index (κ2) is 6.42. The Labute approximate surface area is 138 Å². The molecule has 2 N–H and O–H groups in total. The summed E-state index contributed by atoms with van der Waals surface area (Å²) in [6, 6.07) is 14.8. The first-order chi connectivity index (χ1) is 10.2. The molecule has 4 heteroatoms. The van der Waals surface area contributed by atoms with Crippen molar-refractivity contribution in [1.82, 2.24) is 0 Å². The molecule has 0 fully saturated rings. The van der Waals surface area contributed by atoms with Crippen molar-refractivity contribution in [2.24, 2.45) is 5.73 Å². The van der Waals surface area contributed by atoms with Crippen LogP contribution in [0.25, 0.3) is 0 Å². The van der Waals surface area contributed by atoms with Gasteiger partial charge in [0.2, 0.25) is 0 Å². The highest BCUT2D eigenvalue weighted by Crippen LogP contribution is 2.41. The number of methoxy groups -OCH3 is 1. The Morgan fingerprint density at radius 2 is 2.14 bits per heavy atom. The number of hydrogen-bond donors (Lipinski definition) is 1. The fourth-order valence-electron chi connectivity index (χ4n) is 2.84. The van der Waals surface area contributed by atoms with Gasteiger partial charge in [0, 0.05) is 27.1 Å². The molecule has 2 unspecified atom stereocenters. The third kappa shape index (κ3) is 3.12. The van der Waals surface area contributed by atoms with Crippen LogP contribution in [0.4, 0.5) is 0 Å². The van der Waals surface area contributed by atoms with Crippen molar-refractivity contribution in [3.8, 4) is 5.75 Å². The zero-order chi connectivity index (χ0) is 14.8. The largest absolute Gasteiger partial charge is 0.496 e. The van der Waals surface area contributed by atoms with Gasteiger partial charge in [0.05, 0.1) is 7.11 Å². The molecule has 2 nitrogen and oxygen atoms in total. The molecule has 0 aliphatic carbocycles. The molecule has 2 aromatic carbocycles. The van der Waals surface area contributed by atoms with Gasteiger partial charge in [-0.3, -0.25) is 0 Å². The average Bonchev–Trinajstić information content (AvgIpc) is 2.91. The Bertz CT molecular complexity index is 646. The molecule has 0 aromatic heterocycles. The minimum atomic E-state index is 0.101. The number of ether oxygens (including phenoxy) is 1. The molecular formula is C17H18BrNOS. The summed E-state index contributed by atoms with van der Waals surface area (Å²) in [6.45, 7) is 0. The summed E-state index contributed by atoms with van der Waals surface area (Å²) in [7, 11) is 1.71. The Hall–Kier alpha value is -0.970. The molecule has 110 valence electrons. The lowest BCUT2D eigenvalue weighted by atomic mass is 9.89. The zero-order valence-corrected chi connectivity index (χ0v) is 14.3. The molecular weight excluding hydrogens is 346 g/mol. The highest BCUT2D eigenvalue weighted by molar-refractivity contribution is 9.10. The Morgan fingerprint density at radius 3 is 2.95 bits per heavy atom. The lowest BCUT2D eigenvalue weighted by Gasteiger charge is -2.21. The lowest BCUT2D eigenvalue weighted by Crippen LogP contribution is -2.31. The molecule has 0 radical (unpaired) electrons. The average molecular weight is 364 g/mol. The van der Waals surface area contributed by atoms with Crippen LogP contribution in [0.1, 0.15) is 17.0 Å². The monoisotopic (exact) mass is 363 g/mol. The van der Waals surface area contributed by atoms with Crippen LogP contribution in [0.2, 0.25) is 0 Å². The van der Waals surface area contributed by atoms with Gasteiger partial charge >= 0.3 is 0 Å². The number of thioether (sulfide) groups is 1. The van der Waals surface area contributed by atoms with Gasteiger partial charge < -0.3 is 10.5 Å². The molecule has 1 heterocycles. The van der Waals surface area contributed by atoms with Crippen LogP contribution in [-0.2, 0) is 6.42 Å². The first-order valence-corrected chi connectivity index (χ1v) is 8.76. The quantitative estimate of drug-likeness (QED) is 0.883. The van der Waals surface area contributed by atoms with Gasteiger partial charge in [-0.15, -0.1) is 11.8 Å². The van der Waals surface area contributed by atoms with Crippen molar-refractivity contribution in [1.29, 1.82) is 0 Å². The van der Waals surface area contributed by atoms with Crippen molar-refractivity contribution in [2.45, 2.75) is 23.3 Å². The van der Waals surface area contributed by atoms with Gasteiger partial charge in [0.15, 0.2) is 0 Å². The zero-order valence-electron chi connectivity index (χ0n) is 11.9. The van der Waals surface area contributed by atoms with Crippen molar-refractivity contribution in [2.75, 3.05) is 12.9 Å². The highest BCUT2D eigenvalue weighted by Gasteiger charge is 2.28.